The van der Waals surface area contributed by atoms with Crippen LogP contribution in [0.25, 0.3) is 0 Å². The molecular weight excluding hydrogens is 274 g/mol. The molecule has 2 heterocycles. The molecule has 2 N–H and O–H groups in total. The van der Waals surface area contributed by atoms with Crippen LogP contribution in [0.15, 0.2) is 6.20 Å². The Kier molecular flexibility index (Phi) is 5.84. The number of halogens is 1. The zero-order valence-corrected chi connectivity index (χ0v) is 11.9. The van der Waals surface area contributed by atoms with Gasteiger partial charge in [-0.25, -0.2) is 4.98 Å². The number of nitrogens with two attached hydrogens (primary N) is 1. The van der Waals surface area contributed by atoms with Crippen LogP contribution in [0.4, 0.5) is 5.13 Å². The highest BCUT2D eigenvalue weighted by molar-refractivity contribution is 7.15. The number of nitrogen functional groups attached to an aromatic ring is 1. The predicted octanol–water partition coefficient (Wildman–Crippen LogP) is 1.67. The number of likely N-dealkylation sites (tertiary alicyclic amines) is 1. The van der Waals surface area contributed by atoms with Crippen molar-refractivity contribution in [1.29, 1.82) is 0 Å². The number of nitrogens with zero attached hydrogens (tertiary/aromatic N) is 2. The van der Waals surface area contributed by atoms with Gasteiger partial charge in [-0.05, 0) is 19.4 Å². The second-order valence-electron chi connectivity index (χ2n) is 4.17. The normalized spacial score (nSPS) is 20.2. The van der Waals surface area contributed by atoms with E-state index in [4.69, 9.17) is 10.5 Å². The quantitative estimate of drug-likeness (QED) is 0.858. The van der Waals surface area contributed by atoms with Crippen LogP contribution in [-0.4, -0.2) is 35.5 Å². The maximum absolute atomic E-state index is 11.7. The minimum Gasteiger partial charge on any atom is -0.468 e. The number of esters is 1. The molecule has 1 aliphatic rings. The van der Waals surface area contributed by atoms with Gasteiger partial charge in [0.15, 0.2) is 5.13 Å². The van der Waals surface area contributed by atoms with Crippen molar-refractivity contribution in [2.24, 2.45) is 0 Å². The van der Waals surface area contributed by atoms with Crippen molar-refractivity contribution >= 4 is 34.8 Å². The molecule has 0 amide bonds. The van der Waals surface area contributed by atoms with Crippen LogP contribution >= 0.6 is 23.7 Å². The lowest BCUT2D eigenvalue weighted by atomic mass is 10.0. The molecule has 0 aliphatic carbocycles. The largest absolute Gasteiger partial charge is 0.468 e. The second kappa shape index (κ2) is 6.92. The van der Waals surface area contributed by atoms with Crippen LogP contribution in [0, 0.1) is 0 Å². The van der Waals surface area contributed by atoms with Crippen LogP contribution in [-0.2, 0) is 16.1 Å². The summed E-state index contributed by atoms with van der Waals surface area (Å²) >= 11 is 1.48. The summed E-state index contributed by atoms with van der Waals surface area (Å²) in [5, 5.41) is 0.576. The highest BCUT2D eigenvalue weighted by atomic mass is 35.5. The first kappa shape index (κ1) is 15.2. The van der Waals surface area contributed by atoms with Crippen LogP contribution in [0.3, 0.4) is 0 Å². The number of carbonyl (C=O) groups excluding carboxylic acids is 1. The molecule has 2 rings (SSSR count). The molecule has 7 heteroatoms. The fraction of sp³-hybridized carbons (Fsp3) is 0.636. The topological polar surface area (TPSA) is 68.5 Å². The molecule has 1 aliphatic heterocycles. The minimum absolute atomic E-state index is 0. The van der Waals surface area contributed by atoms with Crippen LogP contribution in [0.1, 0.15) is 24.1 Å². The van der Waals surface area contributed by atoms with Crippen LogP contribution in [0.5, 0.6) is 0 Å². The molecule has 0 saturated carbocycles. The number of thiazole rings is 1. The van der Waals surface area contributed by atoms with Crippen molar-refractivity contribution in [3.05, 3.63) is 11.1 Å². The maximum Gasteiger partial charge on any atom is 0.323 e. The van der Waals surface area contributed by atoms with Gasteiger partial charge in [-0.2, -0.15) is 0 Å². The van der Waals surface area contributed by atoms with E-state index in [-0.39, 0.29) is 24.4 Å². The lowest BCUT2D eigenvalue weighted by molar-refractivity contribution is -0.148. The first-order valence-electron chi connectivity index (χ1n) is 5.73. The Morgan fingerprint density at radius 3 is 3.06 bits per heavy atom. The number of methoxy groups -OCH3 is 1. The summed E-state index contributed by atoms with van der Waals surface area (Å²) < 4.78 is 4.85. The van der Waals surface area contributed by atoms with E-state index >= 15 is 0 Å². The molecule has 1 saturated heterocycles. The Morgan fingerprint density at radius 1 is 1.67 bits per heavy atom. The number of hydrogen-bond donors (Lipinski definition) is 1. The van der Waals surface area contributed by atoms with E-state index in [0.29, 0.717) is 5.13 Å². The van der Waals surface area contributed by atoms with E-state index in [9.17, 15) is 4.79 Å². The van der Waals surface area contributed by atoms with Crippen molar-refractivity contribution in [1.82, 2.24) is 9.88 Å². The fourth-order valence-corrected chi connectivity index (χ4v) is 2.89. The molecule has 102 valence electrons. The summed E-state index contributed by atoms with van der Waals surface area (Å²) in [5.74, 6) is -0.137. The van der Waals surface area contributed by atoms with E-state index in [0.717, 1.165) is 37.2 Å². The summed E-state index contributed by atoms with van der Waals surface area (Å²) in [6.45, 7) is 1.66. The standard InChI is InChI=1S/C11H17N3O2S.ClH/c1-16-10(15)9-4-2-3-5-14(9)7-8-6-13-11(12)17-8;/h6,9H,2-5,7H2,1H3,(H2,12,13);1H. The number of rotatable bonds is 3. The lowest BCUT2D eigenvalue weighted by Crippen LogP contribution is -2.44. The maximum atomic E-state index is 11.7. The Morgan fingerprint density at radius 2 is 2.44 bits per heavy atom. The number of carbonyl (C=O) groups is 1. The van der Waals surface area contributed by atoms with Gasteiger partial charge >= 0.3 is 5.97 Å². The summed E-state index contributed by atoms with van der Waals surface area (Å²) in [4.78, 5) is 18.9. The predicted molar refractivity (Wildman–Crippen MR) is 73.8 cm³/mol. The van der Waals surface area contributed by atoms with Gasteiger partial charge in [-0.15, -0.1) is 23.7 Å². The average Bonchev–Trinajstić information content (AvgIpc) is 2.74. The minimum atomic E-state index is -0.137. The Balaban J connectivity index is 0.00000162. The third-order valence-electron chi connectivity index (χ3n) is 3.02. The zero-order chi connectivity index (χ0) is 12.3. The number of ether oxygens (including phenoxy) is 1. The van der Waals surface area contributed by atoms with Crippen molar-refractivity contribution in [2.45, 2.75) is 31.8 Å². The summed E-state index contributed by atoms with van der Waals surface area (Å²) in [5.41, 5.74) is 5.60. The molecule has 1 atom stereocenters. The van der Waals surface area contributed by atoms with Gasteiger partial charge in [-0.1, -0.05) is 6.42 Å². The lowest BCUT2D eigenvalue weighted by Gasteiger charge is -2.33. The Hall–Kier alpha value is -0.850. The number of anilines is 1. The molecule has 1 fully saturated rings. The third kappa shape index (κ3) is 3.57. The van der Waals surface area contributed by atoms with Crippen molar-refractivity contribution < 1.29 is 9.53 Å². The van der Waals surface area contributed by atoms with E-state index in [1.807, 2.05) is 0 Å². The van der Waals surface area contributed by atoms with Gasteiger partial charge in [0.1, 0.15) is 6.04 Å². The summed E-state index contributed by atoms with van der Waals surface area (Å²) in [7, 11) is 1.44. The smallest absolute Gasteiger partial charge is 0.323 e. The van der Waals surface area contributed by atoms with Crippen molar-refractivity contribution in [2.75, 3.05) is 19.4 Å². The highest BCUT2D eigenvalue weighted by Crippen LogP contribution is 2.23. The molecule has 0 bridgehead atoms. The SMILES string of the molecule is COC(=O)C1CCCCN1Cc1cnc(N)s1.Cl. The molecule has 18 heavy (non-hydrogen) atoms. The van der Waals surface area contributed by atoms with Gasteiger partial charge in [0.25, 0.3) is 0 Å². The van der Waals surface area contributed by atoms with Gasteiger partial charge in [-0.3, -0.25) is 9.69 Å². The Labute approximate surface area is 117 Å². The molecule has 1 unspecified atom stereocenters. The number of aromatic nitrogens is 1. The van der Waals surface area contributed by atoms with Gasteiger partial charge in [0, 0.05) is 17.6 Å². The zero-order valence-electron chi connectivity index (χ0n) is 10.3. The molecule has 1 aromatic rings. The summed E-state index contributed by atoms with van der Waals surface area (Å²) in [6.07, 6.45) is 4.87. The van der Waals surface area contributed by atoms with Crippen LogP contribution < -0.4 is 5.73 Å². The van der Waals surface area contributed by atoms with Crippen LogP contribution in [0.2, 0.25) is 0 Å². The van der Waals surface area contributed by atoms with Gasteiger partial charge < -0.3 is 10.5 Å². The molecule has 0 spiro atoms. The average molecular weight is 292 g/mol. The van der Waals surface area contributed by atoms with E-state index in [1.54, 1.807) is 6.20 Å². The van der Waals surface area contributed by atoms with E-state index < -0.39 is 0 Å². The number of hydrogen-bond acceptors (Lipinski definition) is 6. The molecule has 0 aromatic carbocycles. The molecular formula is C11H18ClN3O2S. The van der Waals surface area contributed by atoms with Crippen molar-refractivity contribution in [3.8, 4) is 0 Å². The Bertz CT molecular complexity index is 399. The van der Waals surface area contributed by atoms with E-state index in [1.165, 1.54) is 18.4 Å². The molecule has 1 aromatic heterocycles. The monoisotopic (exact) mass is 291 g/mol. The molecule has 0 radical (unpaired) electrons. The molecule has 5 nitrogen and oxygen atoms in total. The third-order valence-corrected chi connectivity index (χ3v) is 3.83. The van der Waals surface area contributed by atoms with Gasteiger partial charge in [0.2, 0.25) is 0 Å². The van der Waals surface area contributed by atoms with E-state index in [2.05, 4.69) is 9.88 Å². The van der Waals surface area contributed by atoms with Crippen molar-refractivity contribution in [3.63, 3.8) is 0 Å². The number of piperidine rings is 1. The fourth-order valence-electron chi connectivity index (χ4n) is 2.18. The summed E-state index contributed by atoms with van der Waals surface area (Å²) in [6, 6.07) is -0.114. The first-order valence-corrected chi connectivity index (χ1v) is 6.54. The van der Waals surface area contributed by atoms with Gasteiger partial charge in [0.05, 0.1) is 7.11 Å². The highest BCUT2D eigenvalue weighted by Gasteiger charge is 2.29. The second-order valence-corrected chi connectivity index (χ2v) is 5.32. The first-order chi connectivity index (χ1) is 8.20.